The van der Waals surface area contributed by atoms with Gasteiger partial charge in [0.05, 0.1) is 18.0 Å². The van der Waals surface area contributed by atoms with Crippen molar-refractivity contribution < 1.29 is 9.59 Å². The Kier molecular flexibility index (Phi) is 10.0. The highest BCUT2D eigenvalue weighted by Gasteiger charge is 2.08. The lowest BCUT2D eigenvalue weighted by Gasteiger charge is -2.09. The van der Waals surface area contributed by atoms with E-state index in [1.165, 1.54) is 6.92 Å². The molecule has 0 aliphatic carbocycles. The largest absolute Gasteiger partial charge is 0.379 e. The molecule has 1 aromatic carbocycles. The van der Waals surface area contributed by atoms with Gasteiger partial charge in [0, 0.05) is 24.2 Å². The topological polar surface area (TPSA) is 142 Å². The fourth-order valence-corrected chi connectivity index (χ4v) is 2.97. The Morgan fingerprint density at radius 3 is 2.61 bits per heavy atom. The number of hydrogen-bond donors (Lipinski definition) is 4. The van der Waals surface area contributed by atoms with Crippen molar-refractivity contribution in [1.29, 1.82) is 0 Å². The lowest BCUT2D eigenvalue weighted by atomic mass is 10.1. The van der Waals surface area contributed by atoms with Crippen LogP contribution in [0.2, 0.25) is 0 Å². The van der Waals surface area contributed by atoms with Gasteiger partial charge in [-0.25, -0.2) is 9.98 Å². The average Bonchev–Trinajstić information content (AvgIpc) is 2.77. The number of amides is 1. The molecule has 0 saturated carbocycles. The van der Waals surface area contributed by atoms with E-state index < -0.39 is 0 Å². The number of nitrogen functional groups attached to an aromatic ring is 1. The predicted octanol–water partition coefficient (Wildman–Crippen LogP) is 3.30. The maximum atomic E-state index is 12.2. The zero-order valence-electron chi connectivity index (χ0n) is 19.4. The number of aromatic amines is 1. The summed E-state index contributed by atoms with van der Waals surface area (Å²) in [6.45, 7) is 6.14. The van der Waals surface area contributed by atoms with E-state index in [1.54, 1.807) is 31.2 Å². The fourth-order valence-electron chi connectivity index (χ4n) is 2.97. The number of anilines is 2. The minimum Gasteiger partial charge on any atom is -0.379 e. The molecule has 0 spiro atoms. The van der Waals surface area contributed by atoms with Gasteiger partial charge in [0.15, 0.2) is 0 Å². The van der Waals surface area contributed by atoms with E-state index in [1.807, 2.05) is 12.2 Å². The van der Waals surface area contributed by atoms with Crippen LogP contribution in [0.3, 0.4) is 0 Å². The molecule has 0 radical (unpaired) electrons. The van der Waals surface area contributed by atoms with Gasteiger partial charge in [0.25, 0.3) is 11.5 Å². The SMILES string of the molecule is CCC/C=C/C(CNc1ccc(C(=O)NCCCC(C)=O)cc1)=N\c1c(C)nc(N)[nH]c1=O. The molecular formula is C24H32N6O3. The number of aromatic nitrogens is 2. The minimum absolute atomic E-state index is 0.0561. The van der Waals surface area contributed by atoms with Crippen LogP contribution in [0.5, 0.6) is 0 Å². The van der Waals surface area contributed by atoms with Gasteiger partial charge in [-0.1, -0.05) is 19.4 Å². The summed E-state index contributed by atoms with van der Waals surface area (Å²) in [5.74, 6) is -0.0134. The van der Waals surface area contributed by atoms with Crippen LogP contribution in [0.1, 0.15) is 55.6 Å². The Morgan fingerprint density at radius 2 is 1.97 bits per heavy atom. The van der Waals surface area contributed by atoms with Crippen molar-refractivity contribution in [2.75, 3.05) is 24.1 Å². The number of rotatable bonds is 12. The van der Waals surface area contributed by atoms with Crippen LogP contribution in [-0.2, 0) is 4.79 Å². The van der Waals surface area contributed by atoms with Crippen molar-refractivity contribution in [3.05, 3.63) is 58.0 Å². The number of nitrogens with two attached hydrogens (primary N) is 1. The predicted molar refractivity (Wildman–Crippen MR) is 132 cm³/mol. The zero-order chi connectivity index (χ0) is 24.2. The van der Waals surface area contributed by atoms with E-state index in [0.717, 1.165) is 18.5 Å². The number of hydrogen-bond acceptors (Lipinski definition) is 7. The molecule has 0 unspecified atom stereocenters. The summed E-state index contributed by atoms with van der Waals surface area (Å²) in [4.78, 5) is 46.5. The summed E-state index contributed by atoms with van der Waals surface area (Å²) in [6.07, 6.45) is 6.86. The van der Waals surface area contributed by atoms with Gasteiger partial charge in [-0.3, -0.25) is 14.6 Å². The summed E-state index contributed by atoms with van der Waals surface area (Å²) in [7, 11) is 0. The number of Topliss-reactive ketones (excluding diaryl/α,β-unsaturated/α-hetero) is 1. The number of carbonyl (C=O) groups excluding carboxylic acids is 2. The molecule has 0 saturated heterocycles. The first-order chi connectivity index (χ1) is 15.8. The number of aryl methyl sites for hydroxylation is 1. The normalized spacial score (nSPS) is 11.5. The molecule has 0 aliphatic heterocycles. The highest BCUT2D eigenvalue weighted by molar-refractivity contribution is 6.00. The van der Waals surface area contributed by atoms with Crippen molar-refractivity contribution in [3.8, 4) is 0 Å². The first-order valence-corrected chi connectivity index (χ1v) is 11.0. The van der Waals surface area contributed by atoms with Crippen LogP contribution >= 0.6 is 0 Å². The zero-order valence-corrected chi connectivity index (χ0v) is 19.4. The molecule has 9 nitrogen and oxygen atoms in total. The molecule has 5 N–H and O–H groups in total. The van der Waals surface area contributed by atoms with Gasteiger partial charge in [-0.15, -0.1) is 0 Å². The second-order valence-corrected chi connectivity index (χ2v) is 7.67. The second kappa shape index (κ2) is 12.9. The number of nitrogens with one attached hydrogen (secondary N) is 3. The average molecular weight is 453 g/mol. The minimum atomic E-state index is -0.389. The molecule has 2 rings (SSSR count). The van der Waals surface area contributed by atoms with Crippen molar-refractivity contribution in [3.63, 3.8) is 0 Å². The highest BCUT2D eigenvalue weighted by atomic mass is 16.1. The number of carbonyl (C=O) groups is 2. The summed E-state index contributed by atoms with van der Waals surface area (Å²) < 4.78 is 0. The maximum absolute atomic E-state index is 12.2. The van der Waals surface area contributed by atoms with Gasteiger partial charge >= 0.3 is 0 Å². The molecule has 33 heavy (non-hydrogen) atoms. The summed E-state index contributed by atoms with van der Waals surface area (Å²) in [6, 6.07) is 7.07. The lowest BCUT2D eigenvalue weighted by Crippen LogP contribution is -2.24. The monoisotopic (exact) mass is 452 g/mol. The van der Waals surface area contributed by atoms with E-state index in [0.29, 0.717) is 42.9 Å². The maximum Gasteiger partial charge on any atom is 0.278 e. The van der Waals surface area contributed by atoms with Crippen LogP contribution < -0.4 is 21.9 Å². The Bertz CT molecular complexity index is 1070. The molecule has 0 bridgehead atoms. The second-order valence-electron chi connectivity index (χ2n) is 7.67. The molecule has 1 amide bonds. The van der Waals surface area contributed by atoms with Crippen molar-refractivity contribution in [2.45, 2.75) is 46.5 Å². The number of allylic oxidation sites excluding steroid dienone is 1. The Hall–Kier alpha value is -3.75. The van der Waals surface area contributed by atoms with E-state index in [2.05, 4.69) is 32.5 Å². The highest BCUT2D eigenvalue weighted by Crippen LogP contribution is 2.13. The van der Waals surface area contributed by atoms with Gasteiger partial charge in [-0.05, 0) is 57.0 Å². The number of ketones is 1. The van der Waals surface area contributed by atoms with Crippen molar-refractivity contribution >= 4 is 34.7 Å². The molecule has 2 aromatic rings. The van der Waals surface area contributed by atoms with Crippen molar-refractivity contribution in [1.82, 2.24) is 15.3 Å². The van der Waals surface area contributed by atoms with Gasteiger partial charge in [0.2, 0.25) is 5.95 Å². The van der Waals surface area contributed by atoms with Crippen molar-refractivity contribution in [2.24, 2.45) is 4.99 Å². The Morgan fingerprint density at radius 1 is 1.24 bits per heavy atom. The van der Waals surface area contributed by atoms with E-state index in [4.69, 9.17) is 5.73 Å². The molecule has 9 heteroatoms. The number of unbranched alkanes of at least 4 members (excludes halogenated alkanes) is 1. The van der Waals surface area contributed by atoms with Gasteiger partial charge in [0.1, 0.15) is 11.5 Å². The molecule has 0 aliphatic rings. The Balaban J connectivity index is 2.06. The third kappa shape index (κ3) is 8.72. The number of nitrogens with zero attached hydrogens (tertiary/aromatic N) is 2. The van der Waals surface area contributed by atoms with E-state index >= 15 is 0 Å². The third-order valence-electron chi connectivity index (χ3n) is 4.72. The Labute approximate surface area is 193 Å². The van der Waals surface area contributed by atoms with Crippen LogP contribution in [0.4, 0.5) is 17.3 Å². The van der Waals surface area contributed by atoms with E-state index in [-0.39, 0.29) is 28.9 Å². The molecule has 1 aromatic heterocycles. The van der Waals surface area contributed by atoms with Crippen LogP contribution in [0, 0.1) is 6.92 Å². The third-order valence-corrected chi connectivity index (χ3v) is 4.72. The summed E-state index contributed by atoms with van der Waals surface area (Å²) in [5.41, 5.74) is 7.88. The summed E-state index contributed by atoms with van der Waals surface area (Å²) >= 11 is 0. The first kappa shape index (κ1) is 25.5. The van der Waals surface area contributed by atoms with Gasteiger partial charge in [-0.2, -0.15) is 0 Å². The number of benzene rings is 1. The van der Waals surface area contributed by atoms with Gasteiger partial charge < -0.3 is 21.2 Å². The number of aliphatic imine (C=N–C) groups is 1. The molecule has 1 heterocycles. The quantitative estimate of drug-likeness (QED) is 0.287. The first-order valence-electron chi connectivity index (χ1n) is 11.0. The smallest absolute Gasteiger partial charge is 0.278 e. The fraction of sp³-hybridized carbons (Fsp3) is 0.375. The summed E-state index contributed by atoms with van der Waals surface area (Å²) in [5, 5.41) is 6.07. The van der Waals surface area contributed by atoms with Crippen LogP contribution in [0.15, 0.2) is 46.2 Å². The van der Waals surface area contributed by atoms with Crippen LogP contribution in [-0.4, -0.2) is 40.5 Å². The molecule has 0 atom stereocenters. The standard InChI is InChI=1S/C24H32N6O3/c1-4-5-6-9-20(29-21-17(3)28-24(25)30-23(21)33)15-27-19-12-10-18(11-13-19)22(32)26-14-7-8-16(2)31/h6,9-13,27H,4-5,7-8,14-15H2,1-3H3,(H,26,32)(H3,25,28,30,33)/b9-6+,29-20+. The molecule has 0 fully saturated rings. The van der Waals surface area contributed by atoms with Crippen LogP contribution in [0.25, 0.3) is 0 Å². The number of H-pyrrole nitrogens is 1. The molecular weight excluding hydrogens is 420 g/mol. The van der Waals surface area contributed by atoms with E-state index in [9.17, 15) is 14.4 Å². The lowest BCUT2D eigenvalue weighted by molar-refractivity contribution is -0.117. The molecule has 176 valence electrons.